The number of H-pyrrole nitrogens is 1. The summed E-state index contributed by atoms with van der Waals surface area (Å²) < 4.78 is 41.0. The summed E-state index contributed by atoms with van der Waals surface area (Å²) in [6.45, 7) is 0.364. The highest BCUT2D eigenvalue weighted by Crippen LogP contribution is 2.49. The minimum Gasteiger partial charge on any atom is -0.340 e. The molecule has 36 heavy (non-hydrogen) atoms. The Morgan fingerprint density at radius 2 is 1.69 bits per heavy atom. The number of anilines is 2. The average Bonchev–Trinajstić information content (AvgIpc) is 3.53. The number of benzene rings is 2. The SMILES string of the molecule is O=C(N1Cc2ccc(-c3nccc(Nc4ccc(-c5cn[nH]c5)cc4)n3)cc2C1)C1(F)CC(F)(F)C1. The Bertz CT molecular complexity index is 1430. The first-order valence-electron chi connectivity index (χ1n) is 11.5. The van der Waals surface area contributed by atoms with Crippen LogP contribution in [-0.4, -0.2) is 42.6 Å². The Kier molecular flexibility index (Phi) is 5.06. The maximum Gasteiger partial charge on any atom is 0.261 e. The molecule has 1 saturated carbocycles. The maximum absolute atomic E-state index is 14.6. The van der Waals surface area contributed by atoms with E-state index in [0.717, 1.165) is 33.5 Å². The van der Waals surface area contributed by atoms with Crippen molar-refractivity contribution in [1.29, 1.82) is 0 Å². The minimum absolute atomic E-state index is 0.167. The summed E-state index contributed by atoms with van der Waals surface area (Å²) in [7, 11) is 0. The van der Waals surface area contributed by atoms with Gasteiger partial charge in [0.1, 0.15) is 5.82 Å². The van der Waals surface area contributed by atoms with Crippen molar-refractivity contribution < 1.29 is 18.0 Å². The van der Waals surface area contributed by atoms with Crippen LogP contribution in [0.5, 0.6) is 0 Å². The number of fused-ring (bicyclic) bond motifs is 1. The van der Waals surface area contributed by atoms with E-state index in [9.17, 15) is 18.0 Å². The van der Waals surface area contributed by atoms with Crippen molar-refractivity contribution >= 4 is 17.4 Å². The molecular weight excluding hydrogens is 469 g/mol. The van der Waals surface area contributed by atoms with E-state index >= 15 is 0 Å². The molecule has 1 amide bonds. The fourth-order valence-electron chi connectivity index (χ4n) is 4.75. The first-order chi connectivity index (χ1) is 17.3. The number of nitrogens with zero attached hydrogens (tertiary/aromatic N) is 4. The zero-order chi connectivity index (χ0) is 24.9. The molecule has 0 saturated heterocycles. The second kappa shape index (κ2) is 8.18. The zero-order valence-corrected chi connectivity index (χ0v) is 19.0. The second-order valence-electron chi connectivity index (χ2n) is 9.27. The monoisotopic (exact) mass is 490 g/mol. The first-order valence-corrected chi connectivity index (χ1v) is 11.5. The van der Waals surface area contributed by atoms with E-state index in [1.165, 1.54) is 4.90 Å². The number of aromatic nitrogens is 4. The number of amides is 1. The number of rotatable bonds is 5. The van der Waals surface area contributed by atoms with E-state index < -0.39 is 30.3 Å². The van der Waals surface area contributed by atoms with Crippen molar-refractivity contribution in [2.45, 2.75) is 37.5 Å². The van der Waals surface area contributed by atoms with Gasteiger partial charge in [-0.05, 0) is 41.0 Å². The maximum atomic E-state index is 14.6. The number of nitrogens with one attached hydrogen (secondary N) is 2. The van der Waals surface area contributed by atoms with Gasteiger partial charge in [-0.2, -0.15) is 5.10 Å². The van der Waals surface area contributed by atoms with Crippen molar-refractivity contribution in [3.63, 3.8) is 0 Å². The minimum atomic E-state index is -3.11. The molecule has 1 aliphatic heterocycles. The normalized spacial score (nSPS) is 17.4. The molecule has 4 aromatic rings. The van der Waals surface area contributed by atoms with Gasteiger partial charge in [-0.3, -0.25) is 9.89 Å². The lowest BCUT2D eigenvalue weighted by molar-refractivity contribution is -0.192. The number of hydrogen-bond donors (Lipinski definition) is 2. The number of aromatic amines is 1. The van der Waals surface area contributed by atoms with Crippen molar-refractivity contribution in [1.82, 2.24) is 25.1 Å². The Labute approximate surface area is 204 Å². The van der Waals surface area contributed by atoms with Crippen LogP contribution in [0.3, 0.4) is 0 Å². The van der Waals surface area contributed by atoms with Crippen LogP contribution in [-0.2, 0) is 17.9 Å². The van der Waals surface area contributed by atoms with E-state index in [1.807, 2.05) is 48.7 Å². The molecule has 1 aliphatic carbocycles. The Morgan fingerprint density at radius 3 is 2.42 bits per heavy atom. The third-order valence-electron chi connectivity index (χ3n) is 6.58. The molecule has 2 N–H and O–H groups in total. The third kappa shape index (κ3) is 4.08. The van der Waals surface area contributed by atoms with Gasteiger partial charge in [0.2, 0.25) is 0 Å². The summed E-state index contributed by atoms with van der Waals surface area (Å²) in [5.74, 6) is -2.88. The van der Waals surface area contributed by atoms with E-state index in [2.05, 4.69) is 25.5 Å². The van der Waals surface area contributed by atoms with Gasteiger partial charge in [-0.1, -0.05) is 24.3 Å². The summed E-state index contributed by atoms with van der Waals surface area (Å²) >= 11 is 0. The molecule has 10 heteroatoms. The highest BCUT2D eigenvalue weighted by Gasteiger charge is 2.63. The fourth-order valence-corrected chi connectivity index (χ4v) is 4.75. The quantitative estimate of drug-likeness (QED) is 0.399. The first kappa shape index (κ1) is 22.3. The van der Waals surface area contributed by atoms with Gasteiger partial charge < -0.3 is 10.2 Å². The average molecular weight is 490 g/mol. The van der Waals surface area contributed by atoms with Gasteiger partial charge in [-0.25, -0.2) is 23.1 Å². The molecule has 182 valence electrons. The summed E-state index contributed by atoms with van der Waals surface area (Å²) in [5.41, 5.74) is 2.84. The van der Waals surface area contributed by atoms with E-state index in [1.54, 1.807) is 18.5 Å². The summed E-state index contributed by atoms with van der Waals surface area (Å²) in [6.07, 6.45) is 3.14. The van der Waals surface area contributed by atoms with Crippen LogP contribution in [0.4, 0.5) is 24.7 Å². The van der Waals surface area contributed by atoms with E-state index in [4.69, 9.17) is 0 Å². The Morgan fingerprint density at radius 1 is 0.944 bits per heavy atom. The molecule has 2 aromatic heterocycles. The van der Waals surface area contributed by atoms with Gasteiger partial charge in [0, 0.05) is 42.3 Å². The molecule has 0 spiro atoms. The van der Waals surface area contributed by atoms with Crippen molar-refractivity contribution in [2.24, 2.45) is 0 Å². The van der Waals surface area contributed by atoms with Crippen LogP contribution in [0.25, 0.3) is 22.5 Å². The smallest absolute Gasteiger partial charge is 0.261 e. The van der Waals surface area contributed by atoms with Crippen LogP contribution >= 0.6 is 0 Å². The van der Waals surface area contributed by atoms with Crippen molar-refractivity contribution in [3.8, 4) is 22.5 Å². The molecule has 0 atom stereocenters. The highest BCUT2D eigenvalue weighted by molar-refractivity contribution is 5.87. The topological polar surface area (TPSA) is 86.8 Å². The number of hydrogen-bond acceptors (Lipinski definition) is 5. The van der Waals surface area contributed by atoms with Crippen LogP contribution in [0.15, 0.2) is 67.1 Å². The van der Waals surface area contributed by atoms with Gasteiger partial charge in [0.15, 0.2) is 11.5 Å². The summed E-state index contributed by atoms with van der Waals surface area (Å²) in [5, 5.41) is 10.0. The van der Waals surface area contributed by atoms with E-state index in [0.29, 0.717) is 11.6 Å². The lowest BCUT2D eigenvalue weighted by atomic mass is 9.77. The third-order valence-corrected chi connectivity index (χ3v) is 6.58. The lowest BCUT2D eigenvalue weighted by Gasteiger charge is -2.41. The summed E-state index contributed by atoms with van der Waals surface area (Å²) in [6, 6.07) is 15.2. The largest absolute Gasteiger partial charge is 0.340 e. The fraction of sp³-hybridized carbons (Fsp3) is 0.231. The lowest BCUT2D eigenvalue weighted by Crippen LogP contribution is -2.57. The molecule has 0 radical (unpaired) electrons. The van der Waals surface area contributed by atoms with Gasteiger partial charge >= 0.3 is 0 Å². The zero-order valence-electron chi connectivity index (χ0n) is 19.0. The van der Waals surface area contributed by atoms with Crippen molar-refractivity contribution in [2.75, 3.05) is 5.32 Å². The molecule has 7 nitrogen and oxygen atoms in total. The molecule has 6 rings (SSSR count). The molecule has 1 fully saturated rings. The Hall–Kier alpha value is -4.21. The van der Waals surface area contributed by atoms with Crippen LogP contribution in [0.1, 0.15) is 24.0 Å². The Balaban J connectivity index is 1.16. The number of carbonyl (C=O) groups excluding carboxylic acids is 1. The van der Waals surface area contributed by atoms with Crippen LogP contribution in [0.2, 0.25) is 0 Å². The van der Waals surface area contributed by atoms with Gasteiger partial charge in [0.25, 0.3) is 11.8 Å². The molecule has 0 unspecified atom stereocenters. The predicted molar refractivity (Wildman–Crippen MR) is 127 cm³/mol. The highest BCUT2D eigenvalue weighted by atomic mass is 19.3. The molecule has 0 bridgehead atoms. The van der Waals surface area contributed by atoms with Crippen LogP contribution < -0.4 is 5.32 Å². The number of carbonyl (C=O) groups is 1. The molecule has 2 aliphatic rings. The predicted octanol–water partition coefficient (Wildman–Crippen LogP) is 5.26. The molecular formula is C26H21F3N6O. The molecule has 3 heterocycles. The van der Waals surface area contributed by atoms with E-state index in [-0.39, 0.29) is 13.1 Å². The van der Waals surface area contributed by atoms with Crippen molar-refractivity contribution in [3.05, 3.63) is 78.2 Å². The van der Waals surface area contributed by atoms with Gasteiger partial charge in [-0.15, -0.1) is 0 Å². The number of halogens is 3. The second-order valence-corrected chi connectivity index (χ2v) is 9.27. The number of alkyl halides is 3. The standard InChI is InChI=1S/C26H21F3N6O/c27-25(14-26(28,29)15-25)24(36)35-12-18-2-1-17(9-19(18)13-35)23-30-8-7-22(34-23)33-21-5-3-16(4-6-21)20-10-31-32-11-20/h1-11H,12-15H2,(H,31,32)(H,30,33,34). The molecule has 2 aromatic carbocycles. The summed E-state index contributed by atoms with van der Waals surface area (Å²) in [4.78, 5) is 22.8. The van der Waals surface area contributed by atoms with Gasteiger partial charge in [0.05, 0.1) is 19.0 Å². The van der Waals surface area contributed by atoms with Crippen LogP contribution in [0, 0.1) is 0 Å².